The quantitative estimate of drug-likeness (QED) is 0.348. The highest BCUT2D eigenvalue weighted by Crippen LogP contribution is 2.39. The first-order valence-corrected chi connectivity index (χ1v) is 9.75. The van der Waals surface area contributed by atoms with Crippen LogP contribution in [0.1, 0.15) is 43.6 Å². The first-order chi connectivity index (χ1) is 15.0. The van der Waals surface area contributed by atoms with E-state index >= 15 is 0 Å². The number of hydrogen-bond donors (Lipinski definition) is 1. The van der Waals surface area contributed by atoms with Crippen LogP contribution in [0.4, 0.5) is 36.4 Å². The molecule has 1 saturated heterocycles. The molecule has 0 spiro atoms. The Labute approximate surface area is 189 Å². The van der Waals surface area contributed by atoms with Gasteiger partial charge in [0.1, 0.15) is 11.3 Å². The Kier molecular flexibility index (Phi) is 6.27. The van der Waals surface area contributed by atoms with Gasteiger partial charge in [0.05, 0.1) is 11.2 Å². The fourth-order valence-electron chi connectivity index (χ4n) is 3.07. The molecule has 1 amide bonds. The van der Waals surface area contributed by atoms with E-state index in [1.165, 1.54) is 12.1 Å². The summed E-state index contributed by atoms with van der Waals surface area (Å²) in [6, 6.07) is 3.78. The Bertz CT molecular complexity index is 1090. The summed E-state index contributed by atoms with van der Waals surface area (Å²) < 4.78 is 106. The van der Waals surface area contributed by atoms with Gasteiger partial charge >= 0.3 is 13.3 Å². The number of hydrogen-bond acceptors (Lipinski definition) is 3. The van der Waals surface area contributed by atoms with Gasteiger partial charge in [-0.1, -0.05) is 17.7 Å². The fourth-order valence-corrected chi connectivity index (χ4v) is 3.24. The van der Waals surface area contributed by atoms with Gasteiger partial charge < -0.3 is 14.6 Å². The third-order valence-electron chi connectivity index (χ3n) is 5.55. The molecule has 3 rings (SSSR count). The zero-order chi connectivity index (χ0) is 25.1. The summed E-state index contributed by atoms with van der Waals surface area (Å²) in [4.78, 5) is 12.8. The smallest absolute Gasteiger partial charge is 0.399 e. The van der Waals surface area contributed by atoms with Crippen LogP contribution in [0, 0.1) is 23.3 Å². The van der Waals surface area contributed by atoms with Crippen LogP contribution in [0.15, 0.2) is 18.2 Å². The van der Waals surface area contributed by atoms with Crippen molar-refractivity contribution in [2.75, 3.05) is 5.32 Å². The molecule has 1 heterocycles. The molecule has 0 unspecified atom stereocenters. The number of benzene rings is 2. The third-order valence-corrected chi connectivity index (χ3v) is 5.79. The second-order valence-electron chi connectivity index (χ2n) is 8.28. The minimum absolute atomic E-state index is 0.00569. The lowest BCUT2D eigenvalue weighted by Gasteiger charge is -2.32. The van der Waals surface area contributed by atoms with Crippen molar-refractivity contribution in [1.29, 1.82) is 0 Å². The van der Waals surface area contributed by atoms with Crippen LogP contribution in [0.2, 0.25) is 5.02 Å². The molecule has 4 nitrogen and oxygen atoms in total. The Hall–Kier alpha value is -2.31. The van der Waals surface area contributed by atoms with E-state index in [0.29, 0.717) is 0 Å². The van der Waals surface area contributed by atoms with Gasteiger partial charge in [-0.3, -0.25) is 4.79 Å². The Morgan fingerprint density at radius 1 is 0.939 bits per heavy atom. The van der Waals surface area contributed by atoms with Gasteiger partial charge in [-0.2, -0.15) is 13.2 Å². The summed E-state index contributed by atoms with van der Waals surface area (Å²) in [7, 11) is -1.14. The molecule has 1 fully saturated rings. The van der Waals surface area contributed by atoms with Gasteiger partial charge in [-0.05, 0) is 45.3 Å². The molecular formula is C20H16BClF7NO3. The predicted molar refractivity (Wildman–Crippen MR) is 106 cm³/mol. The summed E-state index contributed by atoms with van der Waals surface area (Å²) in [5.41, 5.74) is -6.44. The number of carbonyl (C=O) groups is 1. The number of anilines is 1. The average molecular weight is 498 g/mol. The second kappa shape index (κ2) is 8.17. The molecule has 2 aromatic rings. The maximum Gasteiger partial charge on any atom is 0.495 e. The Morgan fingerprint density at radius 2 is 1.42 bits per heavy atom. The number of amides is 1. The van der Waals surface area contributed by atoms with Gasteiger partial charge in [-0.25, -0.2) is 17.6 Å². The molecule has 0 atom stereocenters. The molecule has 1 aliphatic heterocycles. The zero-order valence-corrected chi connectivity index (χ0v) is 18.3. The third kappa shape index (κ3) is 4.43. The van der Waals surface area contributed by atoms with Crippen LogP contribution >= 0.6 is 11.6 Å². The molecule has 1 aliphatic rings. The SMILES string of the molecule is CC1(C)OB(c2ccc(Cl)cc2C(=O)Nc2c(F)c(F)c(C(F)(F)F)c(F)c2F)OC1(C)C. The largest absolute Gasteiger partial charge is 0.495 e. The molecule has 13 heteroatoms. The van der Waals surface area contributed by atoms with Crippen molar-refractivity contribution in [3.05, 3.63) is 57.6 Å². The number of nitrogens with one attached hydrogen (secondary N) is 1. The van der Waals surface area contributed by atoms with Crippen molar-refractivity contribution in [2.24, 2.45) is 0 Å². The summed E-state index contributed by atoms with van der Waals surface area (Å²) in [5.74, 6) is -11.6. The lowest BCUT2D eigenvalue weighted by atomic mass is 9.75. The van der Waals surface area contributed by atoms with E-state index < -0.39 is 64.9 Å². The summed E-state index contributed by atoms with van der Waals surface area (Å²) in [6.45, 7) is 6.89. The standard InChI is InChI=1S/C20H16BClF7NO3/c1-18(2)19(3,4)33-21(32-18)10-6-5-8(22)7-9(10)17(31)30-16-14(25)12(23)11(20(27,28)29)13(24)15(16)26/h5-7H,1-4H3,(H,30,31). The van der Waals surface area contributed by atoms with Crippen LogP contribution < -0.4 is 10.8 Å². The minimum atomic E-state index is -5.71. The summed E-state index contributed by atoms with van der Waals surface area (Å²) >= 11 is 5.91. The molecule has 0 aromatic heterocycles. The van der Waals surface area contributed by atoms with Crippen molar-refractivity contribution < 1.29 is 44.8 Å². The van der Waals surface area contributed by atoms with Crippen molar-refractivity contribution in [1.82, 2.24) is 0 Å². The van der Waals surface area contributed by atoms with Crippen molar-refractivity contribution in [2.45, 2.75) is 45.1 Å². The topological polar surface area (TPSA) is 47.6 Å². The van der Waals surface area contributed by atoms with Gasteiger partial charge in [0.15, 0.2) is 23.3 Å². The van der Waals surface area contributed by atoms with Crippen LogP contribution in [0.3, 0.4) is 0 Å². The minimum Gasteiger partial charge on any atom is -0.399 e. The molecule has 0 aliphatic carbocycles. The number of halogens is 8. The molecule has 178 valence electrons. The molecule has 2 aromatic carbocycles. The highest BCUT2D eigenvalue weighted by molar-refractivity contribution is 6.64. The second-order valence-corrected chi connectivity index (χ2v) is 8.71. The van der Waals surface area contributed by atoms with E-state index in [0.717, 1.165) is 6.07 Å². The number of rotatable bonds is 3. The lowest BCUT2D eigenvalue weighted by Crippen LogP contribution is -2.41. The maximum absolute atomic E-state index is 14.2. The number of carbonyl (C=O) groups excluding carboxylic acids is 1. The normalized spacial score (nSPS) is 17.4. The van der Waals surface area contributed by atoms with Crippen molar-refractivity contribution in [3.8, 4) is 0 Å². The van der Waals surface area contributed by atoms with E-state index in [1.807, 2.05) is 0 Å². The monoisotopic (exact) mass is 497 g/mol. The molecule has 0 radical (unpaired) electrons. The van der Waals surface area contributed by atoms with Gasteiger partial charge in [0.25, 0.3) is 5.91 Å². The Morgan fingerprint density at radius 3 is 1.88 bits per heavy atom. The van der Waals surface area contributed by atoms with E-state index in [-0.39, 0.29) is 16.0 Å². The fraction of sp³-hybridized carbons (Fsp3) is 0.350. The molecule has 0 saturated carbocycles. The van der Waals surface area contributed by atoms with E-state index in [4.69, 9.17) is 20.9 Å². The first kappa shape index (κ1) is 25.3. The summed E-state index contributed by atoms with van der Waals surface area (Å²) in [5, 5.41) is 1.59. The predicted octanol–water partition coefficient (Wildman–Crippen LogP) is 5.47. The average Bonchev–Trinajstić information content (AvgIpc) is 2.89. The van der Waals surface area contributed by atoms with Gasteiger partial charge in [0.2, 0.25) is 0 Å². The highest BCUT2D eigenvalue weighted by atomic mass is 35.5. The van der Waals surface area contributed by atoms with Gasteiger partial charge in [-0.15, -0.1) is 0 Å². The number of alkyl halides is 3. The molecule has 1 N–H and O–H groups in total. The van der Waals surface area contributed by atoms with E-state index in [2.05, 4.69) is 0 Å². The van der Waals surface area contributed by atoms with Crippen LogP contribution in [0.5, 0.6) is 0 Å². The van der Waals surface area contributed by atoms with E-state index in [1.54, 1.807) is 33.0 Å². The van der Waals surface area contributed by atoms with Crippen molar-refractivity contribution >= 4 is 35.8 Å². The molecule has 0 bridgehead atoms. The van der Waals surface area contributed by atoms with Crippen LogP contribution in [-0.2, 0) is 15.5 Å². The maximum atomic E-state index is 14.2. The Balaban J connectivity index is 2.05. The molecular weight excluding hydrogens is 481 g/mol. The molecule has 33 heavy (non-hydrogen) atoms. The first-order valence-electron chi connectivity index (χ1n) is 9.37. The summed E-state index contributed by atoms with van der Waals surface area (Å²) in [6.07, 6.45) is -5.71. The van der Waals surface area contributed by atoms with Crippen molar-refractivity contribution in [3.63, 3.8) is 0 Å². The zero-order valence-electron chi connectivity index (χ0n) is 17.6. The van der Waals surface area contributed by atoms with Crippen LogP contribution in [0.25, 0.3) is 0 Å². The van der Waals surface area contributed by atoms with Crippen LogP contribution in [-0.4, -0.2) is 24.2 Å². The lowest BCUT2D eigenvalue weighted by molar-refractivity contribution is -0.143. The highest BCUT2D eigenvalue weighted by Gasteiger charge is 2.52. The van der Waals surface area contributed by atoms with Gasteiger partial charge in [0, 0.05) is 10.6 Å². The van der Waals surface area contributed by atoms with E-state index in [9.17, 15) is 35.5 Å².